The highest BCUT2D eigenvalue weighted by Crippen LogP contribution is 2.38. The van der Waals surface area contributed by atoms with E-state index >= 15 is 0 Å². The summed E-state index contributed by atoms with van der Waals surface area (Å²) >= 11 is 0. The Morgan fingerprint density at radius 1 is 0.654 bits per heavy atom. The van der Waals surface area contributed by atoms with Gasteiger partial charge in [0.15, 0.2) is 0 Å². The number of hydrogen-bond donors (Lipinski definition) is 2. The maximum Gasteiger partial charge on any atom is 0.417 e. The zero-order valence-electron chi connectivity index (χ0n) is 12.4. The molecule has 0 amide bonds. The molecule has 0 aliphatic rings. The maximum absolute atomic E-state index is 13.0. The average molecular weight is 378 g/mol. The molecule has 0 atom stereocenters. The SMILES string of the molecule is O=C(O)c1ccc(-c2ccc(C(=O)O)c(C(F)(F)F)c2)cc1C(F)(F)F. The molecule has 0 radical (unpaired) electrons. The number of aromatic carboxylic acids is 2. The van der Waals surface area contributed by atoms with Crippen molar-refractivity contribution in [3.63, 3.8) is 0 Å². The summed E-state index contributed by atoms with van der Waals surface area (Å²) in [6.45, 7) is 0. The minimum atomic E-state index is -5.04. The fourth-order valence-corrected chi connectivity index (χ4v) is 2.29. The molecule has 0 spiro atoms. The second-order valence-corrected chi connectivity index (χ2v) is 5.13. The standard InChI is InChI=1S/C16H8F6O4/c17-15(18,19)11-5-7(1-3-9(11)13(23)24)8-2-4-10(14(25)26)12(6-8)16(20,21)22/h1-6H,(H,23,24)(H,25,26). The van der Waals surface area contributed by atoms with Crippen LogP contribution in [0.4, 0.5) is 26.3 Å². The number of carboxylic acid groups (broad SMARTS) is 2. The molecule has 10 heteroatoms. The molecule has 0 unspecified atom stereocenters. The van der Waals surface area contributed by atoms with Crippen molar-refractivity contribution in [3.8, 4) is 11.1 Å². The number of hydrogen-bond acceptors (Lipinski definition) is 2. The number of alkyl halides is 6. The molecule has 26 heavy (non-hydrogen) atoms. The summed E-state index contributed by atoms with van der Waals surface area (Å²) in [5, 5.41) is 17.6. The van der Waals surface area contributed by atoms with E-state index in [-0.39, 0.29) is 11.1 Å². The molecule has 0 saturated carbocycles. The molecule has 2 rings (SSSR count). The Morgan fingerprint density at radius 2 is 0.962 bits per heavy atom. The third kappa shape index (κ3) is 3.79. The van der Waals surface area contributed by atoms with Crippen LogP contribution in [0.3, 0.4) is 0 Å². The summed E-state index contributed by atoms with van der Waals surface area (Å²) < 4.78 is 78.1. The third-order valence-electron chi connectivity index (χ3n) is 3.44. The number of carboxylic acids is 2. The molecule has 0 heterocycles. The van der Waals surface area contributed by atoms with Crippen molar-refractivity contribution in [1.82, 2.24) is 0 Å². The highest BCUT2D eigenvalue weighted by Gasteiger charge is 2.37. The van der Waals surface area contributed by atoms with Crippen molar-refractivity contribution in [2.24, 2.45) is 0 Å². The highest BCUT2D eigenvalue weighted by molar-refractivity contribution is 5.92. The van der Waals surface area contributed by atoms with Gasteiger partial charge in [-0.15, -0.1) is 0 Å². The van der Waals surface area contributed by atoms with Gasteiger partial charge in [-0.1, -0.05) is 12.1 Å². The molecule has 0 aliphatic heterocycles. The van der Waals surface area contributed by atoms with Crippen molar-refractivity contribution in [1.29, 1.82) is 0 Å². The van der Waals surface area contributed by atoms with Crippen LogP contribution in [-0.4, -0.2) is 22.2 Å². The van der Waals surface area contributed by atoms with Gasteiger partial charge in [0, 0.05) is 0 Å². The lowest BCUT2D eigenvalue weighted by atomic mass is 9.95. The van der Waals surface area contributed by atoms with E-state index in [1.165, 1.54) is 0 Å². The molecule has 0 fully saturated rings. The smallest absolute Gasteiger partial charge is 0.417 e. The minimum absolute atomic E-state index is 0.343. The van der Waals surface area contributed by atoms with Crippen LogP contribution in [0.15, 0.2) is 36.4 Å². The van der Waals surface area contributed by atoms with Gasteiger partial charge in [0.25, 0.3) is 0 Å². The van der Waals surface area contributed by atoms with Gasteiger partial charge in [0.05, 0.1) is 22.3 Å². The molecule has 2 aromatic rings. The molecule has 4 nitrogen and oxygen atoms in total. The van der Waals surface area contributed by atoms with Crippen LogP contribution in [0.25, 0.3) is 11.1 Å². The first-order valence-corrected chi connectivity index (χ1v) is 6.72. The third-order valence-corrected chi connectivity index (χ3v) is 3.44. The summed E-state index contributed by atoms with van der Waals surface area (Å²) in [6.07, 6.45) is -10.1. The second kappa shape index (κ2) is 6.36. The van der Waals surface area contributed by atoms with E-state index in [4.69, 9.17) is 10.2 Å². The van der Waals surface area contributed by atoms with Crippen LogP contribution in [-0.2, 0) is 12.4 Å². The van der Waals surface area contributed by atoms with Crippen molar-refractivity contribution >= 4 is 11.9 Å². The number of halogens is 6. The maximum atomic E-state index is 13.0. The van der Waals surface area contributed by atoms with Crippen molar-refractivity contribution < 1.29 is 46.1 Å². The average Bonchev–Trinajstić information content (AvgIpc) is 2.51. The first-order chi connectivity index (χ1) is 11.8. The van der Waals surface area contributed by atoms with Crippen LogP contribution in [0.2, 0.25) is 0 Å². The van der Waals surface area contributed by atoms with E-state index in [2.05, 4.69) is 0 Å². The van der Waals surface area contributed by atoms with Gasteiger partial charge >= 0.3 is 24.3 Å². The zero-order valence-corrected chi connectivity index (χ0v) is 12.4. The summed E-state index contributed by atoms with van der Waals surface area (Å²) in [5.74, 6) is -3.69. The van der Waals surface area contributed by atoms with E-state index in [9.17, 15) is 35.9 Å². The van der Waals surface area contributed by atoms with Crippen molar-refractivity contribution in [2.75, 3.05) is 0 Å². The van der Waals surface area contributed by atoms with Gasteiger partial charge in [-0.2, -0.15) is 26.3 Å². The van der Waals surface area contributed by atoms with E-state index in [0.717, 1.165) is 12.1 Å². The van der Waals surface area contributed by atoms with E-state index in [1.807, 2.05) is 0 Å². The van der Waals surface area contributed by atoms with Crippen LogP contribution >= 0.6 is 0 Å². The minimum Gasteiger partial charge on any atom is -0.478 e. The monoisotopic (exact) mass is 378 g/mol. The van der Waals surface area contributed by atoms with Crippen LogP contribution in [0.5, 0.6) is 0 Å². The fourth-order valence-electron chi connectivity index (χ4n) is 2.29. The predicted octanol–water partition coefficient (Wildman–Crippen LogP) is 4.79. The molecule has 2 N–H and O–H groups in total. The van der Waals surface area contributed by atoms with E-state index in [1.54, 1.807) is 0 Å². The molecule has 2 aromatic carbocycles. The summed E-state index contributed by atoms with van der Waals surface area (Å²) in [5.41, 5.74) is -5.86. The molecular formula is C16H8F6O4. The van der Waals surface area contributed by atoms with Crippen LogP contribution < -0.4 is 0 Å². The van der Waals surface area contributed by atoms with E-state index in [0.29, 0.717) is 24.3 Å². The van der Waals surface area contributed by atoms with Crippen molar-refractivity contribution in [2.45, 2.75) is 12.4 Å². The quantitative estimate of drug-likeness (QED) is 0.754. The van der Waals surface area contributed by atoms with Crippen molar-refractivity contribution in [3.05, 3.63) is 58.7 Å². The summed E-state index contributed by atoms with van der Waals surface area (Å²) in [7, 11) is 0. The summed E-state index contributed by atoms with van der Waals surface area (Å²) in [6, 6.07) is 3.87. The molecule has 0 bridgehead atoms. The van der Waals surface area contributed by atoms with Gasteiger partial charge in [0.1, 0.15) is 0 Å². The largest absolute Gasteiger partial charge is 0.478 e. The Kier molecular flexibility index (Phi) is 4.71. The van der Waals surface area contributed by atoms with Crippen LogP contribution in [0, 0.1) is 0 Å². The molecular weight excluding hydrogens is 370 g/mol. The van der Waals surface area contributed by atoms with Gasteiger partial charge in [-0.25, -0.2) is 9.59 Å². The van der Waals surface area contributed by atoms with E-state index < -0.39 is 46.5 Å². The topological polar surface area (TPSA) is 74.6 Å². The molecule has 0 aromatic heterocycles. The number of carbonyl (C=O) groups is 2. The predicted molar refractivity (Wildman–Crippen MR) is 75.8 cm³/mol. The second-order valence-electron chi connectivity index (χ2n) is 5.13. The number of rotatable bonds is 3. The molecule has 0 aliphatic carbocycles. The van der Waals surface area contributed by atoms with Gasteiger partial charge in [0.2, 0.25) is 0 Å². The highest BCUT2D eigenvalue weighted by atomic mass is 19.4. The lowest BCUT2D eigenvalue weighted by molar-refractivity contribution is -0.138. The number of benzene rings is 2. The normalized spacial score (nSPS) is 12.1. The first kappa shape index (κ1) is 19.3. The van der Waals surface area contributed by atoms with Gasteiger partial charge < -0.3 is 10.2 Å². The first-order valence-electron chi connectivity index (χ1n) is 6.72. The Labute approximate surface area is 141 Å². The van der Waals surface area contributed by atoms with Crippen LogP contribution in [0.1, 0.15) is 31.8 Å². The lowest BCUT2D eigenvalue weighted by Crippen LogP contribution is -2.14. The van der Waals surface area contributed by atoms with Gasteiger partial charge in [-0.05, 0) is 35.4 Å². The zero-order chi connectivity index (χ0) is 19.9. The summed E-state index contributed by atoms with van der Waals surface area (Å²) in [4.78, 5) is 21.8. The fraction of sp³-hybridized carbons (Fsp3) is 0.125. The Hall–Kier alpha value is -3.04. The Bertz CT molecular complexity index is 810. The van der Waals surface area contributed by atoms with Gasteiger partial charge in [-0.3, -0.25) is 0 Å². The molecule has 0 saturated heterocycles. The Balaban J connectivity index is 2.69. The Morgan fingerprint density at radius 3 is 1.19 bits per heavy atom. The molecule has 138 valence electrons. The lowest BCUT2D eigenvalue weighted by Gasteiger charge is -2.15.